The van der Waals surface area contributed by atoms with Crippen LogP contribution < -0.4 is 14.8 Å². The van der Waals surface area contributed by atoms with Gasteiger partial charge in [-0.05, 0) is 70.5 Å². The second-order valence-electron chi connectivity index (χ2n) is 6.45. The van der Waals surface area contributed by atoms with Crippen LogP contribution in [0.1, 0.15) is 12.5 Å². The lowest BCUT2D eigenvalue weighted by atomic mass is 10.2. The summed E-state index contributed by atoms with van der Waals surface area (Å²) in [6.07, 6.45) is 1.78. The van der Waals surface area contributed by atoms with Crippen LogP contribution in [0.3, 0.4) is 0 Å². The topological polar surface area (TPSA) is 80.2 Å². The molecule has 1 N–H and O–H groups in total. The van der Waals surface area contributed by atoms with E-state index in [1.54, 1.807) is 38.4 Å². The molecule has 1 heterocycles. The van der Waals surface area contributed by atoms with Gasteiger partial charge in [0.1, 0.15) is 0 Å². The Bertz CT molecular complexity index is 1040. The van der Waals surface area contributed by atoms with Crippen LogP contribution in [-0.2, 0) is 9.59 Å². The Morgan fingerprint density at radius 2 is 2.00 bits per heavy atom. The molecule has 0 spiro atoms. The van der Waals surface area contributed by atoms with E-state index < -0.39 is 0 Å². The van der Waals surface area contributed by atoms with Gasteiger partial charge in [0.2, 0.25) is 0 Å². The fourth-order valence-corrected chi connectivity index (χ4v) is 4.33. The third-order valence-corrected chi connectivity index (χ3v) is 5.97. The molecule has 1 aliphatic rings. The molecular weight excluding hydrogens is 482 g/mol. The lowest BCUT2D eigenvalue weighted by molar-refractivity contribution is -0.121. The number of likely N-dealkylation sites (N-methyl/N-ethyl adjacent to an activating group) is 1. The molecule has 0 bridgehead atoms. The van der Waals surface area contributed by atoms with E-state index in [1.807, 2.05) is 31.2 Å². The second kappa shape index (κ2) is 10.5. The van der Waals surface area contributed by atoms with Gasteiger partial charge in [-0.1, -0.05) is 18.2 Å². The minimum atomic E-state index is -0.283. The van der Waals surface area contributed by atoms with Gasteiger partial charge in [0.15, 0.2) is 23.3 Å². The molecule has 0 saturated carbocycles. The summed E-state index contributed by atoms with van der Waals surface area (Å²) in [6, 6.07) is 12.8. The average Bonchev–Trinajstić information content (AvgIpc) is 3.02. The number of benzene rings is 2. The number of para-hydroxylation sites is 1. The summed E-state index contributed by atoms with van der Waals surface area (Å²) >= 11 is 4.81. The van der Waals surface area contributed by atoms with Gasteiger partial charge in [0.05, 0.1) is 16.0 Å². The number of amides is 2. The smallest absolute Gasteiger partial charge is 0.266 e. The summed E-state index contributed by atoms with van der Waals surface area (Å²) in [6.45, 7) is 2.10. The number of hydrogen-bond acceptors (Lipinski definition) is 6. The highest BCUT2D eigenvalue weighted by Gasteiger charge is 2.29. The van der Waals surface area contributed by atoms with Crippen LogP contribution in [0.2, 0.25) is 0 Å². The molecule has 9 heteroatoms. The van der Waals surface area contributed by atoms with E-state index in [0.717, 1.165) is 5.56 Å². The predicted molar refractivity (Wildman–Crippen MR) is 128 cm³/mol. The first-order chi connectivity index (χ1) is 14.9. The van der Waals surface area contributed by atoms with Gasteiger partial charge in [0, 0.05) is 19.8 Å². The molecule has 3 rings (SSSR count). The predicted octanol–water partition coefficient (Wildman–Crippen LogP) is 4.40. The maximum atomic E-state index is 12.4. The Balaban J connectivity index is 1.78. The van der Waals surface area contributed by atoms with Crippen molar-refractivity contribution in [1.82, 2.24) is 4.90 Å². The molecule has 7 nitrogen and oxygen atoms in total. The van der Waals surface area contributed by atoms with Crippen molar-refractivity contribution >= 4 is 56.4 Å². The zero-order valence-electron chi connectivity index (χ0n) is 17.3. The van der Waals surface area contributed by atoms with Crippen LogP contribution in [0.15, 0.2) is 56.8 Å². The first-order valence-electron chi connectivity index (χ1n) is 9.51. The first-order valence-corrected chi connectivity index (χ1v) is 11.1. The Morgan fingerprint density at radius 1 is 1.26 bits per heavy atom. The number of carbonyl (C=O) groups excluding carboxylic acids is 2. The van der Waals surface area contributed by atoms with Gasteiger partial charge in [0.25, 0.3) is 11.8 Å². The van der Waals surface area contributed by atoms with E-state index in [9.17, 15) is 9.59 Å². The van der Waals surface area contributed by atoms with Gasteiger partial charge in [-0.15, -0.1) is 0 Å². The second-order valence-corrected chi connectivity index (χ2v) is 8.31. The summed E-state index contributed by atoms with van der Waals surface area (Å²) in [5, 5.41) is 3.42. The van der Waals surface area contributed by atoms with E-state index in [2.05, 4.69) is 26.2 Å². The lowest BCUT2D eigenvalue weighted by Crippen LogP contribution is -2.23. The minimum Gasteiger partial charge on any atom is -0.490 e. The molecule has 2 aromatic rings. The summed E-state index contributed by atoms with van der Waals surface area (Å²) in [5.74, 6) is 0.502. The number of nitrogens with one attached hydrogen (secondary N) is 1. The molecule has 162 valence electrons. The Labute approximate surface area is 193 Å². The number of carbonyl (C=O) groups is 2. The molecule has 0 radical (unpaired) electrons. The fourth-order valence-electron chi connectivity index (χ4n) is 2.83. The summed E-state index contributed by atoms with van der Waals surface area (Å²) in [4.78, 5) is 30.8. The van der Waals surface area contributed by atoms with Crippen molar-refractivity contribution in [3.63, 3.8) is 0 Å². The molecule has 2 aromatic carbocycles. The zero-order valence-corrected chi connectivity index (χ0v) is 19.7. The maximum Gasteiger partial charge on any atom is 0.266 e. The van der Waals surface area contributed by atoms with Crippen LogP contribution in [0, 0.1) is 0 Å². The summed E-state index contributed by atoms with van der Waals surface area (Å²) in [5.41, 5.74) is 1.46. The van der Waals surface area contributed by atoms with Crippen molar-refractivity contribution < 1.29 is 19.1 Å². The number of halogens is 1. The number of nitrogens with zero attached hydrogens (tertiary/aromatic N) is 2. The van der Waals surface area contributed by atoms with E-state index in [0.29, 0.717) is 38.3 Å². The minimum absolute atomic E-state index is 0.113. The molecule has 1 aliphatic heterocycles. The quantitative estimate of drug-likeness (QED) is 0.566. The lowest BCUT2D eigenvalue weighted by Gasteiger charge is -2.15. The SMILES string of the molecule is CCOc1cc(/C=C2/SC(=NC)N(C)C2=O)cc(Br)c1OCC(=O)Nc1ccccc1. The molecule has 1 saturated heterocycles. The monoisotopic (exact) mass is 503 g/mol. The third-order valence-electron chi connectivity index (χ3n) is 4.23. The summed E-state index contributed by atoms with van der Waals surface area (Å²) in [7, 11) is 3.34. The van der Waals surface area contributed by atoms with Crippen LogP contribution in [0.25, 0.3) is 6.08 Å². The molecule has 0 atom stereocenters. The Kier molecular flexibility index (Phi) is 7.75. The average molecular weight is 504 g/mol. The fraction of sp³-hybridized carbons (Fsp3) is 0.227. The Morgan fingerprint density at radius 3 is 2.65 bits per heavy atom. The van der Waals surface area contributed by atoms with Crippen molar-refractivity contribution in [2.75, 3.05) is 32.6 Å². The number of rotatable bonds is 7. The highest BCUT2D eigenvalue weighted by molar-refractivity contribution is 9.10. The number of ether oxygens (including phenoxy) is 2. The standard InChI is InChI=1S/C22H22BrN3O4S/c1-4-29-17-11-14(12-18-21(28)26(3)22(24-2)31-18)10-16(23)20(17)30-13-19(27)25-15-8-6-5-7-9-15/h5-12H,4,13H2,1-3H3,(H,25,27)/b18-12+,24-22?. The highest BCUT2D eigenvalue weighted by Crippen LogP contribution is 2.39. The molecular formula is C22H22BrN3O4S. The number of anilines is 1. The van der Waals surface area contributed by atoms with E-state index in [-0.39, 0.29) is 18.4 Å². The van der Waals surface area contributed by atoms with Crippen LogP contribution in [0.4, 0.5) is 5.69 Å². The van der Waals surface area contributed by atoms with Crippen LogP contribution in [-0.4, -0.2) is 49.2 Å². The van der Waals surface area contributed by atoms with Crippen LogP contribution in [0.5, 0.6) is 11.5 Å². The number of aliphatic imine (C=N–C) groups is 1. The van der Waals surface area contributed by atoms with Crippen LogP contribution >= 0.6 is 27.7 Å². The number of thioether (sulfide) groups is 1. The van der Waals surface area contributed by atoms with Gasteiger partial charge in [-0.25, -0.2) is 0 Å². The van der Waals surface area contributed by atoms with Gasteiger partial charge in [-0.3, -0.25) is 19.5 Å². The van der Waals surface area contributed by atoms with E-state index in [4.69, 9.17) is 9.47 Å². The molecule has 31 heavy (non-hydrogen) atoms. The number of amidine groups is 1. The molecule has 0 aliphatic carbocycles. The molecule has 1 fully saturated rings. The normalized spacial score (nSPS) is 16.1. The maximum absolute atomic E-state index is 12.4. The Hall–Kier alpha value is -2.78. The van der Waals surface area contributed by atoms with Gasteiger partial charge >= 0.3 is 0 Å². The molecule has 2 amide bonds. The molecule has 0 unspecified atom stereocenters. The van der Waals surface area contributed by atoms with Gasteiger partial charge < -0.3 is 14.8 Å². The van der Waals surface area contributed by atoms with Gasteiger partial charge in [-0.2, -0.15) is 0 Å². The third kappa shape index (κ3) is 5.68. The number of hydrogen-bond donors (Lipinski definition) is 1. The van der Waals surface area contributed by atoms with Crippen molar-refractivity contribution in [3.8, 4) is 11.5 Å². The van der Waals surface area contributed by atoms with Crippen molar-refractivity contribution in [2.24, 2.45) is 4.99 Å². The van der Waals surface area contributed by atoms with E-state index >= 15 is 0 Å². The first kappa shape index (κ1) is 22.9. The highest BCUT2D eigenvalue weighted by atomic mass is 79.9. The summed E-state index contributed by atoms with van der Waals surface area (Å²) < 4.78 is 12.1. The van der Waals surface area contributed by atoms with Crippen molar-refractivity contribution in [3.05, 3.63) is 57.4 Å². The zero-order chi connectivity index (χ0) is 22.4. The largest absolute Gasteiger partial charge is 0.490 e. The van der Waals surface area contributed by atoms with E-state index in [1.165, 1.54) is 16.7 Å². The van der Waals surface area contributed by atoms with Crippen molar-refractivity contribution in [1.29, 1.82) is 0 Å². The van der Waals surface area contributed by atoms with Crippen molar-refractivity contribution in [2.45, 2.75) is 6.92 Å². The molecule has 0 aromatic heterocycles.